The Morgan fingerprint density at radius 3 is 2.60 bits per heavy atom. The van der Waals surface area contributed by atoms with E-state index >= 15 is 0 Å². The maximum absolute atomic E-state index is 11.8. The summed E-state index contributed by atoms with van der Waals surface area (Å²) in [6.45, 7) is 4.12. The van der Waals surface area contributed by atoms with Crippen LogP contribution in [0.3, 0.4) is 0 Å². The van der Waals surface area contributed by atoms with Gasteiger partial charge in [0, 0.05) is 44.3 Å². The van der Waals surface area contributed by atoms with Crippen LogP contribution in [0.4, 0.5) is 0 Å². The predicted octanol–water partition coefficient (Wildman–Crippen LogP) is 3.43. The van der Waals surface area contributed by atoms with Crippen LogP contribution in [0.2, 0.25) is 0 Å². The molecule has 0 atom stereocenters. The predicted molar refractivity (Wildman–Crippen MR) is 115 cm³/mol. The Morgan fingerprint density at radius 1 is 1.13 bits per heavy atom. The van der Waals surface area contributed by atoms with Crippen LogP contribution in [-0.4, -0.2) is 32.6 Å². The molecule has 0 fully saturated rings. The number of amides is 1. The van der Waals surface area contributed by atoms with Crippen LogP contribution in [0, 0.1) is 6.92 Å². The topological polar surface area (TPSA) is 76.2 Å². The first kappa shape index (κ1) is 19.8. The zero-order valence-electron chi connectivity index (χ0n) is 17.4. The Morgan fingerprint density at radius 2 is 1.90 bits per heavy atom. The maximum Gasteiger partial charge on any atom is 0.251 e. The number of hydrogen-bond acceptors (Lipinski definition) is 5. The summed E-state index contributed by atoms with van der Waals surface area (Å²) in [5.41, 5.74) is 4.76. The van der Waals surface area contributed by atoms with E-state index < -0.39 is 0 Å². The summed E-state index contributed by atoms with van der Waals surface area (Å²) in [6.07, 6.45) is 3.60. The summed E-state index contributed by atoms with van der Waals surface area (Å²) >= 11 is 0. The van der Waals surface area contributed by atoms with Gasteiger partial charge < -0.3 is 9.73 Å². The van der Waals surface area contributed by atoms with Crippen molar-refractivity contribution in [2.75, 3.05) is 7.05 Å². The molecular weight excluding hydrogens is 378 g/mol. The first-order chi connectivity index (χ1) is 14.5. The van der Waals surface area contributed by atoms with E-state index in [1.807, 2.05) is 61.2 Å². The average molecular weight is 403 g/mol. The van der Waals surface area contributed by atoms with Gasteiger partial charge in [-0.05, 0) is 48.4 Å². The number of furan rings is 1. The van der Waals surface area contributed by atoms with E-state index in [0.29, 0.717) is 12.1 Å². The van der Waals surface area contributed by atoms with Gasteiger partial charge in [-0.1, -0.05) is 12.1 Å². The van der Waals surface area contributed by atoms with Crippen molar-refractivity contribution >= 4 is 16.9 Å². The van der Waals surface area contributed by atoms with Gasteiger partial charge in [-0.3, -0.25) is 14.4 Å². The highest BCUT2D eigenvalue weighted by Crippen LogP contribution is 2.20. The van der Waals surface area contributed by atoms with Gasteiger partial charge in [0.15, 0.2) is 5.65 Å². The minimum Gasteiger partial charge on any atom is -0.468 e. The second-order valence-electron chi connectivity index (χ2n) is 7.42. The number of aromatic nitrogens is 3. The van der Waals surface area contributed by atoms with Gasteiger partial charge in [-0.15, -0.1) is 0 Å². The number of benzene rings is 1. The van der Waals surface area contributed by atoms with Crippen LogP contribution >= 0.6 is 0 Å². The van der Waals surface area contributed by atoms with E-state index in [9.17, 15) is 4.79 Å². The molecule has 1 aromatic carbocycles. The zero-order valence-corrected chi connectivity index (χ0v) is 17.4. The van der Waals surface area contributed by atoms with Crippen LogP contribution in [0.5, 0.6) is 0 Å². The number of hydrogen-bond donors (Lipinski definition) is 1. The fourth-order valence-corrected chi connectivity index (χ4v) is 3.65. The molecule has 0 bridgehead atoms. The van der Waals surface area contributed by atoms with Crippen LogP contribution < -0.4 is 5.32 Å². The molecule has 4 aromatic rings. The lowest BCUT2D eigenvalue weighted by Gasteiger charge is -2.21. The molecule has 30 heavy (non-hydrogen) atoms. The highest BCUT2D eigenvalue weighted by molar-refractivity contribution is 5.93. The van der Waals surface area contributed by atoms with Crippen LogP contribution in [0.1, 0.15) is 32.9 Å². The maximum atomic E-state index is 11.8. The first-order valence-corrected chi connectivity index (χ1v) is 9.87. The van der Waals surface area contributed by atoms with Crippen molar-refractivity contribution in [3.63, 3.8) is 0 Å². The fourth-order valence-electron chi connectivity index (χ4n) is 3.65. The average Bonchev–Trinajstić information content (AvgIpc) is 3.35. The molecule has 154 valence electrons. The lowest BCUT2D eigenvalue weighted by molar-refractivity contribution is 0.0963. The second-order valence-corrected chi connectivity index (χ2v) is 7.42. The van der Waals surface area contributed by atoms with E-state index in [1.165, 1.54) is 0 Å². The van der Waals surface area contributed by atoms with Gasteiger partial charge in [0.1, 0.15) is 5.76 Å². The van der Waals surface area contributed by atoms with E-state index in [-0.39, 0.29) is 5.91 Å². The number of aryl methyl sites for hydroxylation is 2. The molecule has 7 heteroatoms. The summed E-state index contributed by atoms with van der Waals surface area (Å²) in [5, 5.41) is 8.18. The molecule has 0 aliphatic carbocycles. The zero-order chi connectivity index (χ0) is 21.1. The number of carbonyl (C=O) groups is 1. The molecule has 0 saturated heterocycles. The Labute approximate surface area is 175 Å². The molecule has 3 heterocycles. The number of pyridine rings is 1. The number of nitrogens with one attached hydrogen (secondary N) is 1. The summed E-state index contributed by atoms with van der Waals surface area (Å²) in [4.78, 5) is 18.7. The van der Waals surface area contributed by atoms with Crippen molar-refractivity contribution in [2.24, 2.45) is 7.05 Å². The molecular formula is C23H25N5O2. The van der Waals surface area contributed by atoms with E-state index in [2.05, 4.69) is 26.4 Å². The number of nitrogens with zero attached hydrogens (tertiary/aromatic N) is 4. The highest BCUT2D eigenvalue weighted by atomic mass is 16.3. The lowest BCUT2D eigenvalue weighted by atomic mass is 10.1. The molecule has 4 rings (SSSR count). The van der Waals surface area contributed by atoms with E-state index in [1.54, 1.807) is 13.3 Å². The van der Waals surface area contributed by atoms with Gasteiger partial charge in [-0.2, -0.15) is 5.10 Å². The third-order valence-corrected chi connectivity index (χ3v) is 5.13. The molecule has 1 amide bonds. The highest BCUT2D eigenvalue weighted by Gasteiger charge is 2.13. The molecule has 0 aliphatic rings. The van der Waals surface area contributed by atoms with Crippen molar-refractivity contribution < 1.29 is 9.21 Å². The summed E-state index contributed by atoms with van der Waals surface area (Å²) in [7, 11) is 3.55. The van der Waals surface area contributed by atoms with Crippen LogP contribution in [-0.2, 0) is 26.7 Å². The van der Waals surface area contributed by atoms with Crippen LogP contribution in [0.25, 0.3) is 11.0 Å². The van der Waals surface area contributed by atoms with Gasteiger partial charge in [0.05, 0.1) is 18.5 Å². The molecule has 7 nitrogen and oxygen atoms in total. The summed E-state index contributed by atoms with van der Waals surface area (Å²) in [6, 6.07) is 13.7. The van der Waals surface area contributed by atoms with Crippen molar-refractivity contribution in [1.82, 2.24) is 25.0 Å². The molecule has 3 aromatic heterocycles. The quantitative estimate of drug-likeness (QED) is 0.512. The molecule has 0 spiro atoms. The monoisotopic (exact) mass is 403 g/mol. The fraction of sp³-hybridized carbons (Fsp3) is 0.261. The second kappa shape index (κ2) is 8.51. The van der Waals surface area contributed by atoms with Crippen molar-refractivity contribution in [3.05, 3.63) is 83.1 Å². The Bertz CT molecular complexity index is 1150. The Hall–Kier alpha value is -3.45. The lowest BCUT2D eigenvalue weighted by Crippen LogP contribution is -2.22. The minimum atomic E-state index is -0.0831. The molecule has 0 aliphatic heterocycles. The largest absolute Gasteiger partial charge is 0.468 e. The number of carbonyl (C=O) groups excluding carboxylic acids is 1. The van der Waals surface area contributed by atoms with Gasteiger partial charge in [-0.25, -0.2) is 4.98 Å². The molecule has 0 unspecified atom stereocenters. The molecule has 0 radical (unpaired) electrons. The third kappa shape index (κ3) is 4.26. The van der Waals surface area contributed by atoms with E-state index in [0.717, 1.165) is 46.7 Å². The van der Waals surface area contributed by atoms with E-state index in [4.69, 9.17) is 4.42 Å². The summed E-state index contributed by atoms with van der Waals surface area (Å²) in [5.74, 6) is 0.823. The first-order valence-electron chi connectivity index (χ1n) is 9.87. The number of fused-ring (bicyclic) bond motifs is 1. The van der Waals surface area contributed by atoms with Gasteiger partial charge in [0.25, 0.3) is 5.91 Å². The molecule has 0 saturated carbocycles. The van der Waals surface area contributed by atoms with Crippen molar-refractivity contribution in [3.8, 4) is 0 Å². The third-order valence-electron chi connectivity index (χ3n) is 5.13. The molecule has 1 N–H and O–H groups in total. The summed E-state index contributed by atoms with van der Waals surface area (Å²) < 4.78 is 7.38. The SMILES string of the molecule is CNC(=O)c1ccc(CN(Cc2cnc3c(c2)c(C)nn3C)Cc2ccco2)cc1. The van der Waals surface area contributed by atoms with Gasteiger partial charge >= 0.3 is 0 Å². The van der Waals surface area contributed by atoms with Crippen molar-refractivity contribution in [1.29, 1.82) is 0 Å². The standard InChI is InChI=1S/C23H25N5O2/c1-16-21-11-18(12-25-22(21)27(3)26-16)14-28(15-20-5-4-10-30-20)13-17-6-8-19(9-7-17)23(29)24-2/h4-12H,13-15H2,1-3H3,(H,24,29). The smallest absolute Gasteiger partial charge is 0.251 e. The Kier molecular flexibility index (Phi) is 5.63. The normalized spacial score (nSPS) is 11.3. The Balaban J connectivity index is 1.57. The van der Waals surface area contributed by atoms with Crippen molar-refractivity contribution in [2.45, 2.75) is 26.6 Å². The minimum absolute atomic E-state index is 0.0831. The van der Waals surface area contributed by atoms with Crippen LogP contribution in [0.15, 0.2) is 59.3 Å². The number of rotatable bonds is 7. The van der Waals surface area contributed by atoms with Gasteiger partial charge in [0.2, 0.25) is 0 Å².